The van der Waals surface area contributed by atoms with E-state index in [2.05, 4.69) is 95.3 Å². The summed E-state index contributed by atoms with van der Waals surface area (Å²) in [7, 11) is 0. The first-order valence-electron chi connectivity index (χ1n) is 8.83. The molecule has 2 heterocycles. The molecule has 0 aliphatic heterocycles. The molecule has 0 aliphatic carbocycles. The van der Waals surface area contributed by atoms with E-state index >= 15 is 0 Å². The Hall–Kier alpha value is -3.39. The second-order valence-electron chi connectivity index (χ2n) is 6.59. The van der Waals surface area contributed by atoms with Crippen molar-refractivity contribution in [3.63, 3.8) is 0 Å². The average Bonchev–Trinajstić information content (AvgIpc) is 3.03. The third-order valence-corrected chi connectivity index (χ3v) is 4.97. The van der Waals surface area contributed by atoms with E-state index in [1.165, 1.54) is 33.1 Å². The lowest BCUT2D eigenvalue weighted by atomic mass is 10.0. The van der Waals surface area contributed by atoms with Crippen LogP contribution in [-0.2, 0) is 0 Å². The molecule has 5 rings (SSSR count). The molecule has 0 saturated heterocycles. The number of aromatic nitrogens is 2. The van der Waals surface area contributed by atoms with Gasteiger partial charge in [-0.2, -0.15) is 0 Å². The van der Waals surface area contributed by atoms with Crippen LogP contribution in [0.2, 0.25) is 0 Å². The Morgan fingerprint density at radius 2 is 1.46 bits per heavy atom. The summed E-state index contributed by atoms with van der Waals surface area (Å²) in [4.78, 5) is 4.59. The minimum atomic E-state index is 1.05. The number of nitrogens with zero attached hydrogens (tertiary/aromatic N) is 2. The van der Waals surface area contributed by atoms with Crippen molar-refractivity contribution in [2.45, 2.75) is 6.92 Å². The first kappa shape index (κ1) is 14.9. The lowest BCUT2D eigenvalue weighted by Gasteiger charge is -2.08. The Bertz CT molecular complexity index is 1230. The van der Waals surface area contributed by atoms with Crippen LogP contribution in [0.5, 0.6) is 0 Å². The monoisotopic (exact) mass is 334 g/mol. The molecule has 0 unspecified atom stereocenters. The van der Waals surface area contributed by atoms with Crippen LogP contribution in [0, 0.1) is 6.92 Å². The number of fused-ring (bicyclic) bond motifs is 3. The van der Waals surface area contributed by atoms with Gasteiger partial charge in [-0.3, -0.25) is 4.98 Å². The highest BCUT2D eigenvalue weighted by Gasteiger charge is 2.13. The van der Waals surface area contributed by atoms with Gasteiger partial charge >= 0.3 is 0 Å². The first-order chi connectivity index (χ1) is 12.8. The molecular weight excluding hydrogens is 316 g/mol. The fraction of sp³-hybridized carbons (Fsp3) is 0.0417. The Balaban J connectivity index is 1.86. The van der Waals surface area contributed by atoms with Gasteiger partial charge in [-0.05, 0) is 48.9 Å². The molecule has 0 amide bonds. The number of aryl methyl sites for hydroxylation is 1. The van der Waals surface area contributed by atoms with E-state index in [1.807, 2.05) is 12.3 Å². The SMILES string of the molecule is Cc1cccnc1-c1ccc2c(c1)c1ccccc1n2-c1ccccc1. The standard InChI is InChI=1S/C24H18N2/c1-17-8-7-15-25-24(17)18-13-14-23-21(16-18)20-11-5-6-12-22(20)26(23)19-9-3-2-4-10-19/h2-16H,1H3. The number of hydrogen-bond donors (Lipinski definition) is 0. The fourth-order valence-electron chi connectivity index (χ4n) is 3.76. The highest BCUT2D eigenvalue weighted by Crippen LogP contribution is 2.34. The lowest BCUT2D eigenvalue weighted by Crippen LogP contribution is -1.93. The van der Waals surface area contributed by atoms with E-state index in [-0.39, 0.29) is 0 Å². The minimum Gasteiger partial charge on any atom is -0.309 e. The molecule has 26 heavy (non-hydrogen) atoms. The highest BCUT2D eigenvalue weighted by atomic mass is 15.0. The second-order valence-corrected chi connectivity index (χ2v) is 6.59. The quantitative estimate of drug-likeness (QED) is 0.378. The van der Waals surface area contributed by atoms with Gasteiger partial charge in [0.05, 0.1) is 16.7 Å². The summed E-state index contributed by atoms with van der Waals surface area (Å²) in [5, 5.41) is 2.52. The van der Waals surface area contributed by atoms with Crippen LogP contribution < -0.4 is 0 Å². The molecule has 0 fully saturated rings. The molecule has 2 nitrogen and oxygen atoms in total. The third-order valence-electron chi connectivity index (χ3n) is 4.97. The van der Waals surface area contributed by atoms with Gasteiger partial charge < -0.3 is 4.57 Å². The fourth-order valence-corrected chi connectivity index (χ4v) is 3.76. The molecule has 0 aliphatic rings. The molecule has 0 radical (unpaired) electrons. The van der Waals surface area contributed by atoms with Gasteiger partial charge in [0.1, 0.15) is 0 Å². The van der Waals surface area contributed by atoms with Gasteiger partial charge in [-0.1, -0.05) is 48.5 Å². The predicted octanol–water partition coefficient (Wildman–Crippen LogP) is 6.15. The van der Waals surface area contributed by atoms with E-state index in [9.17, 15) is 0 Å². The molecule has 2 aromatic heterocycles. The molecular formula is C24H18N2. The zero-order valence-electron chi connectivity index (χ0n) is 14.6. The molecule has 0 N–H and O–H groups in total. The first-order valence-corrected chi connectivity index (χ1v) is 8.83. The average molecular weight is 334 g/mol. The van der Waals surface area contributed by atoms with Crippen molar-refractivity contribution >= 4 is 21.8 Å². The Morgan fingerprint density at radius 1 is 0.692 bits per heavy atom. The van der Waals surface area contributed by atoms with Crippen LogP contribution in [0.15, 0.2) is 91.1 Å². The summed E-state index contributed by atoms with van der Waals surface area (Å²) >= 11 is 0. The van der Waals surface area contributed by atoms with Crippen molar-refractivity contribution in [2.24, 2.45) is 0 Å². The maximum absolute atomic E-state index is 4.59. The molecule has 3 aromatic carbocycles. The molecule has 5 aromatic rings. The summed E-state index contributed by atoms with van der Waals surface area (Å²) in [5.41, 5.74) is 7.02. The lowest BCUT2D eigenvalue weighted by molar-refractivity contribution is 1.18. The van der Waals surface area contributed by atoms with Gasteiger partial charge in [0, 0.05) is 28.2 Å². The van der Waals surface area contributed by atoms with Gasteiger partial charge in [0.25, 0.3) is 0 Å². The van der Waals surface area contributed by atoms with Gasteiger partial charge in [-0.15, -0.1) is 0 Å². The zero-order chi connectivity index (χ0) is 17.5. The van der Waals surface area contributed by atoms with Crippen molar-refractivity contribution in [1.29, 1.82) is 0 Å². The molecule has 0 saturated carbocycles. The largest absolute Gasteiger partial charge is 0.309 e. The number of hydrogen-bond acceptors (Lipinski definition) is 1. The zero-order valence-corrected chi connectivity index (χ0v) is 14.6. The van der Waals surface area contributed by atoms with Crippen LogP contribution >= 0.6 is 0 Å². The van der Waals surface area contributed by atoms with Crippen molar-refractivity contribution in [2.75, 3.05) is 0 Å². The summed E-state index contributed by atoms with van der Waals surface area (Å²) in [6.07, 6.45) is 1.86. The summed E-state index contributed by atoms with van der Waals surface area (Å²) in [6, 6.07) is 29.9. The maximum atomic E-state index is 4.59. The van der Waals surface area contributed by atoms with Crippen LogP contribution in [0.3, 0.4) is 0 Å². The number of benzene rings is 3. The van der Waals surface area contributed by atoms with E-state index in [0.717, 1.165) is 11.3 Å². The van der Waals surface area contributed by atoms with Crippen molar-refractivity contribution in [1.82, 2.24) is 9.55 Å². The van der Waals surface area contributed by atoms with Gasteiger partial charge in [0.15, 0.2) is 0 Å². The van der Waals surface area contributed by atoms with Crippen molar-refractivity contribution in [3.8, 4) is 16.9 Å². The van der Waals surface area contributed by atoms with Gasteiger partial charge in [-0.25, -0.2) is 0 Å². The number of para-hydroxylation sites is 2. The highest BCUT2D eigenvalue weighted by molar-refractivity contribution is 6.10. The van der Waals surface area contributed by atoms with Crippen LogP contribution in [0.25, 0.3) is 38.8 Å². The van der Waals surface area contributed by atoms with E-state index in [1.54, 1.807) is 0 Å². The molecule has 0 atom stereocenters. The van der Waals surface area contributed by atoms with Crippen LogP contribution in [0.4, 0.5) is 0 Å². The number of rotatable bonds is 2. The van der Waals surface area contributed by atoms with Crippen molar-refractivity contribution in [3.05, 3.63) is 96.7 Å². The number of pyridine rings is 1. The maximum Gasteiger partial charge on any atom is 0.0731 e. The molecule has 0 spiro atoms. The Morgan fingerprint density at radius 3 is 2.31 bits per heavy atom. The van der Waals surface area contributed by atoms with E-state index in [4.69, 9.17) is 0 Å². The second kappa shape index (κ2) is 5.85. The van der Waals surface area contributed by atoms with Gasteiger partial charge in [0.2, 0.25) is 0 Å². The Labute approximate surface area is 152 Å². The molecule has 0 bridgehead atoms. The van der Waals surface area contributed by atoms with Crippen molar-refractivity contribution < 1.29 is 0 Å². The van der Waals surface area contributed by atoms with Crippen LogP contribution in [0.1, 0.15) is 5.56 Å². The van der Waals surface area contributed by atoms with E-state index < -0.39 is 0 Å². The minimum absolute atomic E-state index is 1.05. The summed E-state index contributed by atoms with van der Waals surface area (Å²) in [6.45, 7) is 2.11. The Kier molecular flexibility index (Phi) is 3.36. The smallest absolute Gasteiger partial charge is 0.0731 e. The normalized spacial score (nSPS) is 11.3. The van der Waals surface area contributed by atoms with E-state index in [0.29, 0.717) is 0 Å². The summed E-state index contributed by atoms with van der Waals surface area (Å²) < 4.78 is 2.33. The summed E-state index contributed by atoms with van der Waals surface area (Å²) in [5.74, 6) is 0. The van der Waals surface area contributed by atoms with Crippen LogP contribution in [-0.4, -0.2) is 9.55 Å². The molecule has 124 valence electrons. The molecule has 2 heteroatoms. The predicted molar refractivity (Wildman–Crippen MR) is 109 cm³/mol. The third kappa shape index (κ3) is 2.23. The topological polar surface area (TPSA) is 17.8 Å².